The Kier molecular flexibility index (Phi) is 8.68. The molecule has 0 saturated carbocycles. The first-order valence-corrected chi connectivity index (χ1v) is 12.7. The molecule has 11 nitrogen and oxygen atoms in total. The maximum atomic E-state index is 13.1. The second kappa shape index (κ2) is 11.8. The number of nitrogens with one attached hydrogen (secondary N) is 1. The van der Waals surface area contributed by atoms with Gasteiger partial charge in [0.1, 0.15) is 18.2 Å². The van der Waals surface area contributed by atoms with Crippen LogP contribution < -0.4 is 10.1 Å². The molecule has 1 aliphatic heterocycles. The molecule has 0 unspecified atom stereocenters. The van der Waals surface area contributed by atoms with Crippen molar-refractivity contribution in [3.63, 3.8) is 0 Å². The molecule has 4 rings (SSSR count). The first kappa shape index (κ1) is 29.3. The van der Waals surface area contributed by atoms with Crippen LogP contribution in [0, 0.1) is 0 Å². The summed E-state index contributed by atoms with van der Waals surface area (Å²) in [5.74, 6) is -0.355. The summed E-state index contributed by atoms with van der Waals surface area (Å²) >= 11 is 6.00. The van der Waals surface area contributed by atoms with Crippen LogP contribution in [0.2, 0.25) is 5.02 Å². The molecule has 216 valence electrons. The van der Waals surface area contributed by atoms with Crippen molar-refractivity contribution in [2.24, 2.45) is 0 Å². The van der Waals surface area contributed by atoms with E-state index in [2.05, 4.69) is 25.2 Å². The number of fused-ring (bicyclic) bond motifs is 1. The molecular formula is C25H27ClF3N5O6. The highest BCUT2D eigenvalue weighted by Crippen LogP contribution is 2.33. The van der Waals surface area contributed by atoms with Gasteiger partial charge in [-0.25, -0.2) is 4.79 Å². The van der Waals surface area contributed by atoms with E-state index in [4.69, 9.17) is 25.5 Å². The van der Waals surface area contributed by atoms with E-state index < -0.39 is 43.4 Å². The van der Waals surface area contributed by atoms with Crippen LogP contribution in [0.3, 0.4) is 0 Å². The number of rotatable bonds is 7. The van der Waals surface area contributed by atoms with Gasteiger partial charge in [-0.05, 0) is 51.8 Å². The van der Waals surface area contributed by atoms with Crippen LogP contribution >= 0.6 is 11.6 Å². The number of alkyl halides is 3. The predicted octanol–water partition coefficient (Wildman–Crippen LogP) is 5.06. The lowest BCUT2D eigenvalue weighted by atomic mass is 9.98. The highest BCUT2D eigenvalue weighted by molar-refractivity contribution is 6.31. The highest BCUT2D eigenvalue weighted by atomic mass is 35.5. The van der Waals surface area contributed by atoms with Crippen molar-refractivity contribution in [1.82, 2.24) is 25.4 Å². The number of hydrogen-bond donors (Lipinski definition) is 1. The van der Waals surface area contributed by atoms with Gasteiger partial charge in [-0.15, -0.1) is 18.3 Å². The van der Waals surface area contributed by atoms with Crippen molar-refractivity contribution in [1.29, 1.82) is 0 Å². The molecule has 0 bridgehead atoms. The number of likely N-dealkylation sites (tertiary alicyclic amines) is 1. The molecule has 1 aliphatic rings. The van der Waals surface area contributed by atoms with Gasteiger partial charge in [-0.2, -0.15) is 0 Å². The number of ether oxygens (including phenoxy) is 3. The molecule has 2 aromatic heterocycles. The molecule has 0 aliphatic carbocycles. The summed E-state index contributed by atoms with van der Waals surface area (Å²) in [5.41, 5.74) is 0.185. The van der Waals surface area contributed by atoms with Crippen LogP contribution in [0.25, 0.3) is 10.9 Å². The molecule has 3 heterocycles. The Balaban J connectivity index is 1.44. The van der Waals surface area contributed by atoms with Crippen LogP contribution in [0.1, 0.15) is 55.9 Å². The smallest absolute Gasteiger partial charge is 0.447 e. The summed E-state index contributed by atoms with van der Waals surface area (Å²) in [4.78, 5) is 31.8. The van der Waals surface area contributed by atoms with E-state index in [0.717, 1.165) is 5.39 Å². The number of benzene rings is 1. The fourth-order valence-corrected chi connectivity index (χ4v) is 4.22. The van der Waals surface area contributed by atoms with Crippen molar-refractivity contribution in [2.45, 2.75) is 57.7 Å². The van der Waals surface area contributed by atoms with Gasteiger partial charge >= 0.3 is 18.5 Å². The Bertz CT molecular complexity index is 1360. The topological polar surface area (TPSA) is 129 Å². The lowest BCUT2D eigenvalue weighted by Crippen LogP contribution is -2.52. The van der Waals surface area contributed by atoms with Gasteiger partial charge in [-0.1, -0.05) is 22.8 Å². The Morgan fingerprint density at radius 3 is 2.65 bits per heavy atom. The minimum absolute atomic E-state index is 0.0137. The third-order valence-electron chi connectivity index (χ3n) is 5.74. The Labute approximate surface area is 231 Å². The minimum Gasteiger partial charge on any atom is -0.447 e. The zero-order chi connectivity index (χ0) is 29.1. The number of carbonyl (C=O) groups is 2. The molecule has 40 heavy (non-hydrogen) atoms. The van der Waals surface area contributed by atoms with E-state index in [1.54, 1.807) is 45.0 Å². The zero-order valence-electron chi connectivity index (χ0n) is 21.8. The van der Waals surface area contributed by atoms with Crippen LogP contribution in [0.4, 0.5) is 18.0 Å². The van der Waals surface area contributed by atoms with E-state index in [1.165, 1.54) is 11.1 Å². The summed E-state index contributed by atoms with van der Waals surface area (Å²) < 4.78 is 56.1. The molecule has 1 fully saturated rings. The molecule has 0 radical (unpaired) electrons. The van der Waals surface area contributed by atoms with E-state index in [1.807, 2.05) is 0 Å². The first-order valence-electron chi connectivity index (χ1n) is 12.3. The quantitative estimate of drug-likeness (QED) is 0.378. The molecule has 1 N–H and O–H groups in total. The van der Waals surface area contributed by atoms with Gasteiger partial charge in [-0.3, -0.25) is 19.4 Å². The molecule has 1 saturated heterocycles. The van der Waals surface area contributed by atoms with Crippen LogP contribution in [-0.2, 0) is 9.47 Å². The van der Waals surface area contributed by atoms with E-state index in [-0.39, 0.29) is 24.4 Å². The maximum absolute atomic E-state index is 13.1. The summed E-state index contributed by atoms with van der Waals surface area (Å²) in [5, 5.41) is 11.8. The Hall–Kier alpha value is -3.65. The second-order valence-electron chi connectivity index (χ2n) is 10.0. The number of pyridine rings is 1. The molecule has 15 heteroatoms. The average molecular weight is 586 g/mol. The number of amides is 2. The molecule has 2 amide bonds. The monoisotopic (exact) mass is 585 g/mol. The lowest BCUT2D eigenvalue weighted by molar-refractivity contribution is -0.325. The number of piperidine rings is 1. The molecule has 1 aromatic carbocycles. The maximum Gasteiger partial charge on any atom is 0.522 e. The highest BCUT2D eigenvalue weighted by Gasteiger charge is 2.39. The summed E-state index contributed by atoms with van der Waals surface area (Å²) in [7, 11) is 0. The summed E-state index contributed by atoms with van der Waals surface area (Å²) in [6.07, 6.45) is -3.61. The van der Waals surface area contributed by atoms with Gasteiger partial charge in [0.05, 0.1) is 17.7 Å². The van der Waals surface area contributed by atoms with Gasteiger partial charge in [0.2, 0.25) is 5.89 Å². The molecule has 3 aromatic rings. The number of nitrogens with zero attached hydrogens (tertiary/aromatic N) is 4. The summed E-state index contributed by atoms with van der Waals surface area (Å²) in [6.45, 7) is 3.96. The molecule has 0 spiro atoms. The van der Waals surface area contributed by atoms with Crippen LogP contribution in [-0.4, -0.2) is 69.8 Å². The SMILES string of the molecule is CC(C)(C)OC(=O)N1C[C@H](NC(=O)c2cnc3cc(Cl)ccc3c2)CC[C@H]1c1nnc(OCCOC(F)(F)F)o1. The zero-order valence-corrected chi connectivity index (χ0v) is 22.6. The first-order chi connectivity index (χ1) is 18.8. The number of aromatic nitrogens is 3. The van der Waals surface area contributed by atoms with E-state index >= 15 is 0 Å². The van der Waals surface area contributed by atoms with Gasteiger partial charge in [0, 0.05) is 29.2 Å². The Morgan fingerprint density at radius 2 is 1.93 bits per heavy atom. The van der Waals surface area contributed by atoms with Crippen molar-refractivity contribution in [2.75, 3.05) is 19.8 Å². The van der Waals surface area contributed by atoms with Gasteiger partial charge in [0.15, 0.2) is 0 Å². The average Bonchev–Trinajstić information content (AvgIpc) is 3.33. The van der Waals surface area contributed by atoms with E-state index in [9.17, 15) is 22.8 Å². The van der Waals surface area contributed by atoms with Crippen molar-refractivity contribution < 1.29 is 41.4 Å². The van der Waals surface area contributed by atoms with Crippen molar-refractivity contribution in [3.05, 3.63) is 46.9 Å². The number of halogens is 4. The third-order valence-corrected chi connectivity index (χ3v) is 5.97. The van der Waals surface area contributed by atoms with Gasteiger partial charge < -0.3 is 19.2 Å². The summed E-state index contributed by atoms with van der Waals surface area (Å²) in [6, 6.07) is 5.72. The Morgan fingerprint density at radius 1 is 1.15 bits per heavy atom. The lowest BCUT2D eigenvalue weighted by Gasteiger charge is -2.38. The largest absolute Gasteiger partial charge is 0.522 e. The fourth-order valence-electron chi connectivity index (χ4n) is 4.06. The molecule has 2 atom stereocenters. The standard InChI is InChI=1S/C25H27ClF3N5O6/c1-24(2,3)40-23(36)34-13-17(31-20(35)15-10-14-4-5-16(26)11-18(14)30-12-15)6-7-19(34)21-32-33-22(39-21)37-8-9-38-25(27,28)29/h4-5,10-12,17,19H,6-9,13H2,1-3H3,(H,31,35)/t17-,19+/m1/s1. The third kappa shape index (κ3) is 7.94. The molecular weight excluding hydrogens is 559 g/mol. The van der Waals surface area contributed by atoms with Gasteiger partial charge in [0.25, 0.3) is 5.91 Å². The number of carbonyl (C=O) groups excluding carboxylic acids is 2. The number of hydrogen-bond acceptors (Lipinski definition) is 9. The normalized spacial score (nSPS) is 18.0. The minimum atomic E-state index is -4.79. The fraction of sp³-hybridized carbons (Fsp3) is 0.480. The van der Waals surface area contributed by atoms with E-state index in [0.29, 0.717) is 28.9 Å². The van der Waals surface area contributed by atoms with Crippen LogP contribution in [0.5, 0.6) is 6.08 Å². The van der Waals surface area contributed by atoms with Crippen molar-refractivity contribution >= 4 is 34.5 Å². The van der Waals surface area contributed by atoms with Crippen LogP contribution in [0.15, 0.2) is 34.9 Å². The predicted molar refractivity (Wildman–Crippen MR) is 135 cm³/mol. The van der Waals surface area contributed by atoms with Crippen molar-refractivity contribution in [3.8, 4) is 6.08 Å². The second-order valence-corrected chi connectivity index (χ2v) is 10.4.